The minimum absolute atomic E-state index is 0.0333. The lowest BCUT2D eigenvalue weighted by Gasteiger charge is -2.09. The number of benzene rings is 1. The van der Waals surface area contributed by atoms with Crippen molar-refractivity contribution in [2.45, 2.75) is 5.03 Å². The molecule has 9 heteroatoms. The zero-order chi connectivity index (χ0) is 14.9. The Hall–Kier alpha value is -2.06. The number of sulfonamides is 1. The first-order chi connectivity index (χ1) is 9.33. The van der Waals surface area contributed by atoms with Crippen molar-refractivity contribution in [1.82, 2.24) is 9.55 Å². The summed E-state index contributed by atoms with van der Waals surface area (Å²) >= 11 is 5.85. The number of halogens is 1. The SMILES string of the molecule is Cn1cnc(S(=O)(=O)Nc2ccccc2C(N)=O)c1Cl. The number of anilines is 1. The van der Waals surface area contributed by atoms with Crippen molar-refractivity contribution in [2.24, 2.45) is 12.8 Å². The molecule has 2 aromatic rings. The van der Waals surface area contributed by atoms with Gasteiger partial charge in [0.15, 0.2) is 0 Å². The second-order valence-corrected chi connectivity index (χ2v) is 5.92. The van der Waals surface area contributed by atoms with Crippen LogP contribution in [0.2, 0.25) is 5.15 Å². The number of amides is 1. The topological polar surface area (TPSA) is 107 Å². The van der Waals surface area contributed by atoms with Crippen molar-refractivity contribution >= 4 is 33.2 Å². The van der Waals surface area contributed by atoms with Crippen LogP contribution in [0.4, 0.5) is 5.69 Å². The highest BCUT2D eigenvalue weighted by molar-refractivity contribution is 7.92. The molecule has 0 spiro atoms. The van der Waals surface area contributed by atoms with Crippen LogP contribution >= 0.6 is 11.6 Å². The first-order valence-corrected chi connectivity index (χ1v) is 7.27. The third-order valence-electron chi connectivity index (χ3n) is 2.53. The molecule has 0 fully saturated rings. The van der Waals surface area contributed by atoms with Gasteiger partial charge in [0, 0.05) is 7.05 Å². The first kappa shape index (κ1) is 14.4. The van der Waals surface area contributed by atoms with E-state index in [0.29, 0.717) is 0 Å². The van der Waals surface area contributed by atoms with Crippen LogP contribution in [0.1, 0.15) is 10.4 Å². The van der Waals surface area contributed by atoms with E-state index in [1.54, 1.807) is 19.2 Å². The summed E-state index contributed by atoms with van der Waals surface area (Å²) in [6, 6.07) is 5.99. The lowest BCUT2D eigenvalue weighted by Crippen LogP contribution is -2.19. The number of carbonyl (C=O) groups excluding carboxylic acids is 1. The molecule has 0 aliphatic carbocycles. The van der Waals surface area contributed by atoms with Crippen LogP contribution < -0.4 is 10.5 Å². The summed E-state index contributed by atoms with van der Waals surface area (Å²) in [7, 11) is -2.44. The van der Waals surface area contributed by atoms with E-state index >= 15 is 0 Å². The maximum Gasteiger partial charge on any atom is 0.282 e. The lowest BCUT2D eigenvalue weighted by atomic mass is 10.2. The Morgan fingerprint density at radius 3 is 2.60 bits per heavy atom. The van der Waals surface area contributed by atoms with E-state index < -0.39 is 15.9 Å². The number of nitrogens with one attached hydrogen (secondary N) is 1. The Morgan fingerprint density at radius 2 is 2.05 bits per heavy atom. The molecule has 1 aromatic carbocycles. The molecule has 1 aromatic heterocycles. The van der Waals surface area contributed by atoms with E-state index in [2.05, 4.69) is 9.71 Å². The predicted molar refractivity (Wildman–Crippen MR) is 74.0 cm³/mol. The molecule has 0 aliphatic heterocycles. The number of hydrogen-bond donors (Lipinski definition) is 2. The molecule has 20 heavy (non-hydrogen) atoms. The third-order valence-corrected chi connectivity index (χ3v) is 4.38. The van der Waals surface area contributed by atoms with Gasteiger partial charge in [0.25, 0.3) is 15.9 Å². The fraction of sp³-hybridized carbons (Fsp3) is 0.0909. The zero-order valence-electron chi connectivity index (χ0n) is 10.4. The molecule has 0 saturated carbocycles. The monoisotopic (exact) mass is 314 g/mol. The van der Waals surface area contributed by atoms with Crippen molar-refractivity contribution < 1.29 is 13.2 Å². The van der Waals surface area contributed by atoms with Crippen molar-refractivity contribution in [3.8, 4) is 0 Å². The van der Waals surface area contributed by atoms with Crippen LogP contribution in [0.3, 0.4) is 0 Å². The molecule has 1 amide bonds. The molecule has 0 bridgehead atoms. The molecule has 1 heterocycles. The van der Waals surface area contributed by atoms with Gasteiger partial charge in [-0.05, 0) is 12.1 Å². The van der Waals surface area contributed by atoms with Gasteiger partial charge < -0.3 is 10.3 Å². The van der Waals surface area contributed by atoms with Gasteiger partial charge in [-0.25, -0.2) is 4.98 Å². The van der Waals surface area contributed by atoms with E-state index in [9.17, 15) is 13.2 Å². The lowest BCUT2D eigenvalue weighted by molar-refractivity contribution is 0.100. The van der Waals surface area contributed by atoms with Crippen molar-refractivity contribution in [3.05, 3.63) is 41.3 Å². The number of nitrogens with two attached hydrogens (primary N) is 1. The molecule has 0 unspecified atom stereocenters. The van der Waals surface area contributed by atoms with Gasteiger partial charge in [0.05, 0.1) is 17.6 Å². The summed E-state index contributed by atoms with van der Waals surface area (Å²) in [6.45, 7) is 0. The van der Waals surface area contributed by atoms with Crippen LogP contribution in [0, 0.1) is 0 Å². The highest BCUT2D eigenvalue weighted by Gasteiger charge is 2.23. The summed E-state index contributed by atoms with van der Waals surface area (Å²) in [4.78, 5) is 15.0. The molecule has 0 saturated heterocycles. The van der Waals surface area contributed by atoms with Crippen LogP contribution in [0.15, 0.2) is 35.6 Å². The molecule has 0 atom stereocenters. The number of aryl methyl sites for hydroxylation is 1. The minimum atomic E-state index is -4.00. The number of hydrogen-bond acceptors (Lipinski definition) is 4. The second kappa shape index (κ2) is 5.14. The molecule has 0 aliphatic rings. The Kier molecular flexibility index (Phi) is 3.69. The van der Waals surface area contributed by atoms with Gasteiger partial charge in [0.2, 0.25) is 5.03 Å². The number of primary amides is 1. The van der Waals surface area contributed by atoms with Gasteiger partial charge >= 0.3 is 0 Å². The molecular weight excluding hydrogens is 304 g/mol. The minimum Gasteiger partial charge on any atom is -0.366 e. The van der Waals surface area contributed by atoms with E-state index in [-0.39, 0.29) is 21.4 Å². The highest BCUT2D eigenvalue weighted by Crippen LogP contribution is 2.23. The molecule has 7 nitrogen and oxygen atoms in total. The zero-order valence-corrected chi connectivity index (χ0v) is 11.9. The Morgan fingerprint density at radius 1 is 1.40 bits per heavy atom. The number of nitrogens with zero attached hydrogens (tertiary/aromatic N) is 2. The van der Waals surface area contributed by atoms with Gasteiger partial charge in [-0.3, -0.25) is 9.52 Å². The van der Waals surface area contributed by atoms with E-state index in [0.717, 1.165) is 0 Å². The second-order valence-electron chi connectivity index (χ2n) is 3.97. The first-order valence-electron chi connectivity index (χ1n) is 5.41. The maximum atomic E-state index is 12.2. The van der Waals surface area contributed by atoms with Crippen molar-refractivity contribution in [1.29, 1.82) is 0 Å². The fourth-order valence-corrected chi connectivity index (χ4v) is 3.07. The largest absolute Gasteiger partial charge is 0.366 e. The Balaban J connectivity index is 2.44. The number of imidazole rings is 1. The van der Waals surface area contributed by atoms with E-state index in [4.69, 9.17) is 17.3 Å². The number of aromatic nitrogens is 2. The molecule has 2 rings (SSSR count). The summed E-state index contributed by atoms with van der Waals surface area (Å²) in [5.41, 5.74) is 5.32. The van der Waals surface area contributed by atoms with Gasteiger partial charge in [-0.1, -0.05) is 23.7 Å². The Bertz CT molecular complexity index is 770. The van der Waals surface area contributed by atoms with Gasteiger partial charge in [-0.15, -0.1) is 0 Å². The molecule has 0 radical (unpaired) electrons. The number of rotatable bonds is 4. The summed E-state index contributed by atoms with van der Waals surface area (Å²) < 4.78 is 28.0. The molecular formula is C11H11ClN4O3S. The number of para-hydroxylation sites is 1. The molecule has 106 valence electrons. The summed E-state index contributed by atoms with van der Waals surface area (Å²) in [5, 5.41) is -0.352. The highest BCUT2D eigenvalue weighted by atomic mass is 35.5. The van der Waals surface area contributed by atoms with E-state index in [1.165, 1.54) is 23.0 Å². The summed E-state index contributed by atoms with van der Waals surface area (Å²) in [6.07, 6.45) is 1.27. The average Bonchev–Trinajstić information content (AvgIpc) is 2.70. The van der Waals surface area contributed by atoms with Crippen LogP contribution in [0.5, 0.6) is 0 Å². The van der Waals surface area contributed by atoms with Gasteiger partial charge in [-0.2, -0.15) is 8.42 Å². The smallest absolute Gasteiger partial charge is 0.282 e. The normalized spacial score (nSPS) is 11.3. The Labute approximate surface area is 120 Å². The predicted octanol–water partition coefficient (Wildman–Crippen LogP) is 0.973. The van der Waals surface area contributed by atoms with Crippen LogP contribution in [-0.2, 0) is 17.1 Å². The summed E-state index contributed by atoms with van der Waals surface area (Å²) in [5.74, 6) is -0.740. The molecule has 3 N–H and O–H groups in total. The maximum absolute atomic E-state index is 12.2. The average molecular weight is 315 g/mol. The quantitative estimate of drug-likeness (QED) is 0.876. The standard InChI is InChI=1S/C11H11ClN4O3S/c1-16-6-14-11(9(16)12)20(18,19)15-8-5-3-2-4-7(8)10(13)17/h2-6,15H,1H3,(H2,13,17). The number of carbonyl (C=O) groups is 1. The third kappa shape index (κ3) is 2.61. The van der Waals surface area contributed by atoms with Crippen molar-refractivity contribution in [3.63, 3.8) is 0 Å². The van der Waals surface area contributed by atoms with Gasteiger partial charge in [0.1, 0.15) is 5.15 Å². The fourth-order valence-electron chi connectivity index (χ4n) is 1.55. The van der Waals surface area contributed by atoms with E-state index in [1.807, 2.05) is 0 Å². The van der Waals surface area contributed by atoms with Crippen LogP contribution in [-0.4, -0.2) is 23.9 Å². The van der Waals surface area contributed by atoms with Crippen molar-refractivity contribution in [2.75, 3.05) is 4.72 Å². The van der Waals surface area contributed by atoms with Crippen LogP contribution in [0.25, 0.3) is 0 Å².